The van der Waals surface area contributed by atoms with Gasteiger partial charge in [0.15, 0.2) is 0 Å². The summed E-state index contributed by atoms with van der Waals surface area (Å²) < 4.78 is 0. The Hall–Kier alpha value is -2.12. The van der Waals surface area contributed by atoms with Crippen molar-refractivity contribution in [1.29, 1.82) is 0 Å². The van der Waals surface area contributed by atoms with Crippen LogP contribution >= 0.6 is 0 Å². The zero-order valence-corrected chi connectivity index (χ0v) is 10.8. The summed E-state index contributed by atoms with van der Waals surface area (Å²) in [5.74, 6) is 9.55. The van der Waals surface area contributed by atoms with Crippen LogP contribution in [-0.2, 0) is 4.79 Å². The Labute approximate surface area is 111 Å². The highest BCUT2D eigenvalue weighted by molar-refractivity contribution is 5.94. The molecule has 0 heterocycles. The number of carbonyl (C=O) groups excluding carboxylic acids is 2. The summed E-state index contributed by atoms with van der Waals surface area (Å²) in [7, 11) is 1.92. The number of carbonyl (C=O) groups is 2. The molecule has 6 N–H and O–H groups in total. The molecule has 0 radical (unpaired) electrons. The Morgan fingerprint density at radius 1 is 1.16 bits per heavy atom. The minimum absolute atomic E-state index is 0.177. The van der Waals surface area contributed by atoms with Crippen LogP contribution in [0.1, 0.15) is 23.2 Å². The molecule has 7 heteroatoms. The SMILES string of the molecule is CN(CCCC(=O)NN)c1ccc(C(=O)NN)cc1. The van der Waals surface area contributed by atoms with Crippen molar-refractivity contribution in [2.75, 3.05) is 18.5 Å². The molecule has 1 aromatic rings. The molecular weight excluding hydrogens is 246 g/mol. The maximum absolute atomic E-state index is 11.3. The summed E-state index contributed by atoms with van der Waals surface area (Å²) in [6.45, 7) is 0.718. The lowest BCUT2D eigenvalue weighted by Gasteiger charge is -2.19. The van der Waals surface area contributed by atoms with Crippen LogP contribution in [-0.4, -0.2) is 25.4 Å². The second-order valence-corrected chi connectivity index (χ2v) is 4.11. The molecule has 0 saturated heterocycles. The molecule has 7 nitrogen and oxygen atoms in total. The predicted molar refractivity (Wildman–Crippen MR) is 72.9 cm³/mol. The van der Waals surface area contributed by atoms with E-state index in [2.05, 4.69) is 10.9 Å². The summed E-state index contributed by atoms with van der Waals surface area (Å²) >= 11 is 0. The number of hydrogen-bond donors (Lipinski definition) is 4. The van der Waals surface area contributed by atoms with Crippen molar-refractivity contribution in [2.24, 2.45) is 11.7 Å². The van der Waals surface area contributed by atoms with Crippen LogP contribution in [0.25, 0.3) is 0 Å². The molecule has 0 unspecified atom stereocenters. The minimum Gasteiger partial charge on any atom is -0.375 e. The van der Waals surface area contributed by atoms with Gasteiger partial charge in [0.25, 0.3) is 5.91 Å². The van der Waals surface area contributed by atoms with Gasteiger partial charge in [-0.05, 0) is 30.7 Å². The predicted octanol–water partition coefficient (Wildman–Crippen LogP) is -0.504. The summed E-state index contributed by atoms with van der Waals surface area (Å²) in [5, 5.41) is 0. The molecule has 0 aromatic heterocycles. The van der Waals surface area contributed by atoms with E-state index in [-0.39, 0.29) is 11.8 Å². The van der Waals surface area contributed by atoms with Crippen LogP contribution < -0.4 is 27.4 Å². The first kappa shape index (κ1) is 14.9. The fraction of sp³-hybridized carbons (Fsp3) is 0.333. The number of hydrazine groups is 2. The van der Waals surface area contributed by atoms with E-state index in [1.165, 1.54) is 0 Å². The molecule has 104 valence electrons. The number of nitrogens with one attached hydrogen (secondary N) is 2. The maximum Gasteiger partial charge on any atom is 0.265 e. The number of nitrogens with zero attached hydrogens (tertiary/aromatic N) is 1. The number of nitrogens with two attached hydrogens (primary N) is 2. The van der Waals surface area contributed by atoms with E-state index in [1.807, 2.05) is 24.1 Å². The quantitative estimate of drug-likeness (QED) is 0.314. The van der Waals surface area contributed by atoms with Gasteiger partial charge >= 0.3 is 0 Å². The summed E-state index contributed by atoms with van der Waals surface area (Å²) in [5.41, 5.74) is 5.63. The zero-order valence-electron chi connectivity index (χ0n) is 10.8. The van der Waals surface area contributed by atoms with E-state index in [0.717, 1.165) is 12.2 Å². The van der Waals surface area contributed by atoms with Gasteiger partial charge in [-0.25, -0.2) is 11.7 Å². The molecule has 0 aliphatic carbocycles. The van der Waals surface area contributed by atoms with Crippen molar-refractivity contribution in [1.82, 2.24) is 10.9 Å². The number of nitrogen functional groups attached to an aromatic ring is 1. The fourth-order valence-electron chi connectivity index (χ4n) is 1.63. The summed E-state index contributed by atoms with van der Waals surface area (Å²) in [6, 6.07) is 7.04. The molecule has 2 amide bonds. The van der Waals surface area contributed by atoms with Crippen LogP contribution in [0.2, 0.25) is 0 Å². The van der Waals surface area contributed by atoms with Gasteiger partial charge in [0.2, 0.25) is 5.91 Å². The first-order valence-corrected chi connectivity index (χ1v) is 5.90. The molecule has 0 bridgehead atoms. The second-order valence-electron chi connectivity index (χ2n) is 4.11. The number of benzene rings is 1. The van der Waals surface area contributed by atoms with Gasteiger partial charge in [0, 0.05) is 31.3 Å². The zero-order chi connectivity index (χ0) is 14.3. The average molecular weight is 265 g/mol. The summed E-state index contributed by atoms with van der Waals surface area (Å²) in [4.78, 5) is 24.2. The first-order chi connectivity index (χ1) is 9.08. The Bertz CT molecular complexity index is 432. The molecule has 0 aliphatic rings. The van der Waals surface area contributed by atoms with Crippen molar-refractivity contribution >= 4 is 17.5 Å². The maximum atomic E-state index is 11.3. The van der Waals surface area contributed by atoms with Crippen LogP contribution in [0.3, 0.4) is 0 Å². The smallest absolute Gasteiger partial charge is 0.265 e. The molecule has 0 aliphatic heterocycles. The lowest BCUT2D eigenvalue weighted by Crippen LogP contribution is -2.31. The third-order valence-electron chi connectivity index (χ3n) is 2.76. The highest BCUT2D eigenvalue weighted by Gasteiger charge is 2.06. The molecule has 1 rings (SSSR count). The number of amides is 2. The molecule has 0 spiro atoms. The van der Waals surface area contributed by atoms with Crippen molar-refractivity contribution in [3.05, 3.63) is 29.8 Å². The average Bonchev–Trinajstić information content (AvgIpc) is 2.46. The lowest BCUT2D eigenvalue weighted by atomic mass is 10.2. The number of rotatable bonds is 6. The summed E-state index contributed by atoms with van der Waals surface area (Å²) in [6.07, 6.45) is 1.08. The van der Waals surface area contributed by atoms with Gasteiger partial charge in [0.1, 0.15) is 0 Å². The Morgan fingerprint density at radius 3 is 2.32 bits per heavy atom. The highest BCUT2D eigenvalue weighted by Crippen LogP contribution is 2.14. The van der Waals surface area contributed by atoms with E-state index in [1.54, 1.807) is 12.1 Å². The van der Waals surface area contributed by atoms with Gasteiger partial charge in [-0.15, -0.1) is 0 Å². The number of hydrogen-bond acceptors (Lipinski definition) is 5. The molecule has 19 heavy (non-hydrogen) atoms. The third kappa shape index (κ3) is 4.57. The van der Waals surface area contributed by atoms with Gasteiger partial charge < -0.3 is 4.90 Å². The van der Waals surface area contributed by atoms with E-state index < -0.39 is 0 Å². The van der Waals surface area contributed by atoms with Crippen LogP contribution in [0.15, 0.2) is 24.3 Å². The third-order valence-corrected chi connectivity index (χ3v) is 2.76. The molecule has 0 atom stereocenters. The van der Waals surface area contributed by atoms with Gasteiger partial charge in [-0.2, -0.15) is 0 Å². The molecule has 1 aromatic carbocycles. The van der Waals surface area contributed by atoms with Crippen molar-refractivity contribution in [2.45, 2.75) is 12.8 Å². The van der Waals surface area contributed by atoms with Gasteiger partial charge in [0.05, 0.1) is 0 Å². The van der Waals surface area contributed by atoms with Gasteiger partial charge in [-0.1, -0.05) is 0 Å². The Morgan fingerprint density at radius 2 is 1.79 bits per heavy atom. The van der Waals surface area contributed by atoms with Crippen molar-refractivity contribution in [3.63, 3.8) is 0 Å². The monoisotopic (exact) mass is 265 g/mol. The van der Waals surface area contributed by atoms with E-state index in [9.17, 15) is 9.59 Å². The molecular formula is C12H19N5O2. The lowest BCUT2D eigenvalue weighted by molar-refractivity contribution is -0.121. The minimum atomic E-state index is -0.325. The highest BCUT2D eigenvalue weighted by atomic mass is 16.2. The molecule has 0 fully saturated rings. The van der Waals surface area contributed by atoms with Crippen LogP contribution in [0, 0.1) is 0 Å². The van der Waals surface area contributed by atoms with E-state index in [0.29, 0.717) is 18.4 Å². The standard InChI is InChI=1S/C12H19N5O2/c1-17(8-2-3-11(18)15-13)10-6-4-9(5-7-10)12(19)16-14/h4-7H,2-3,8,13-14H2,1H3,(H,15,18)(H,16,19). The van der Waals surface area contributed by atoms with Crippen molar-refractivity contribution < 1.29 is 9.59 Å². The Kier molecular flexibility index (Phi) is 5.77. The second kappa shape index (κ2) is 7.34. The fourth-order valence-corrected chi connectivity index (χ4v) is 1.63. The first-order valence-electron chi connectivity index (χ1n) is 5.90. The van der Waals surface area contributed by atoms with Crippen molar-refractivity contribution in [3.8, 4) is 0 Å². The van der Waals surface area contributed by atoms with Crippen LogP contribution in [0.5, 0.6) is 0 Å². The van der Waals surface area contributed by atoms with Crippen LogP contribution in [0.4, 0.5) is 5.69 Å². The number of anilines is 1. The van der Waals surface area contributed by atoms with E-state index in [4.69, 9.17) is 11.7 Å². The van der Waals surface area contributed by atoms with Gasteiger partial charge in [-0.3, -0.25) is 20.4 Å². The topological polar surface area (TPSA) is 113 Å². The largest absolute Gasteiger partial charge is 0.375 e. The Balaban J connectivity index is 2.51. The molecule has 0 saturated carbocycles. The normalized spacial score (nSPS) is 9.84. The van der Waals surface area contributed by atoms with E-state index >= 15 is 0 Å².